The molecule has 0 aliphatic rings. The third kappa shape index (κ3) is 6.16. The first-order chi connectivity index (χ1) is 18.9. The summed E-state index contributed by atoms with van der Waals surface area (Å²) in [6.45, 7) is 1.20. The Morgan fingerprint density at radius 1 is 1.15 bits per heavy atom. The highest BCUT2D eigenvalue weighted by Gasteiger charge is 2.37. The molecule has 0 saturated heterocycles. The van der Waals surface area contributed by atoms with Gasteiger partial charge in [0.15, 0.2) is 15.1 Å². The van der Waals surface area contributed by atoms with Crippen molar-refractivity contribution in [2.45, 2.75) is 18.7 Å². The number of aromatic nitrogens is 3. The van der Waals surface area contributed by atoms with E-state index >= 15 is 4.39 Å². The lowest BCUT2D eigenvalue weighted by molar-refractivity contribution is -0.121. The van der Waals surface area contributed by atoms with Crippen molar-refractivity contribution in [2.75, 3.05) is 33.6 Å². The first-order valence-corrected chi connectivity index (χ1v) is 14.3. The molecule has 2 heterocycles. The van der Waals surface area contributed by atoms with E-state index in [4.69, 9.17) is 9.15 Å². The maximum atomic E-state index is 15.1. The van der Waals surface area contributed by atoms with Crippen molar-refractivity contribution in [2.24, 2.45) is 0 Å². The molecule has 2 aromatic carbocycles. The van der Waals surface area contributed by atoms with Gasteiger partial charge in [0, 0.05) is 39.8 Å². The number of halogens is 2. The van der Waals surface area contributed by atoms with Gasteiger partial charge in [-0.2, -0.15) is 0 Å². The summed E-state index contributed by atoms with van der Waals surface area (Å²) in [6.07, 6.45) is 0. The van der Waals surface area contributed by atoms with Gasteiger partial charge in [-0.05, 0) is 23.8 Å². The zero-order valence-electron chi connectivity index (χ0n) is 21.9. The molecule has 0 bridgehead atoms. The SMILES string of the molecule is COCCS(=O)(=O)C(C(=O)NCc1nnc(C)o1)c1nc2cc(F)c(-c3ccc(C(=O)N(C)C)c(F)c3)cc2s1. The van der Waals surface area contributed by atoms with Crippen LogP contribution in [-0.4, -0.2) is 73.9 Å². The van der Waals surface area contributed by atoms with Crippen LogP contribution in [0.5, 0.6) is 0 Å². The highest BCUT2D eigenvalue weighted by molar-refractivity contribution is 7.92. The van der Waals surface area contributed by atoms with Crippen LogP contribution in [-0.2, 0) is 25.9 Å². The standard InChI is InChI=1S/C25H25F2N5O6S2/c1-13-30-31-21(38-13)12-28-23(33)22(40(35,36)8-7-37-4)24-29-19-11-18(27)16(10-20(19)39-24)14-5-6-15(17(26)9-14)25(34)32(2)3/h5-6,9-11,22H,7-8,12H2,1-4H3,(H,28,33). The molecular formula is C25H25F2N5O6S2. The Hall–Kier alpha value is -3.82. The van der Waals surface area contributed by atoms with Crippen LogP contribution in [0.3, 0.4) is 0 Å². The van der Waals surface area contributed by atoms with Gasteiger partial charge in [0.25, 0.3) is 5.91 Å². The highest BCUT2D eigenvalue weighted by Crippen LogP contribution is 2.36. The first-order valence-electron chi connectivity index (χ1n) is 11.8. The zero-order valence-corrected chi connectivity index (χ0v) is 23.5. The fourth-order valence-electron chi connectivity index (χ4n) is 3.81. The average Bonchev–Trinajstić information content (AvgIpc) is 3.50. The molecule has 212 valence electrons. The minimum atomic E-state index is -4.12. The normalized spacial score (nSPS) is 12.4. The molecule has 11 nitrogen and oxygen atoms in total. The van der Waals surface area contributed by atoms with Crippen LogP contribution < -0.4 is 5.32 Å². The van der Waals surface area contributed by atoms with Gasteiger partial charge >= 0.3 is 0 Å². The van der Waals surface area contributed by atoms with E-state index < -0.39 is 44.3 Å². The number of benzene rings is 2. The molecule has 15 heteroatoms. The Morgan fingerprint density at radius 2 is 1.90 bits per heavy atom. The highest BCUT2D eigenvalue weighted by atomic mass is 32.2. The summed E-state index contributed by atoms with van der Waals surface area (Å²) in [5, 5.41) is 8.11. The van der Waals surface area contributed by atoms with Gasteiger partial charge in [0.1, 0.15) is 16.6 Å². The molecule has 0 fully saturated rings. The molecule has 0 aliphatic heterocycles. The van der Waals surface area contributed by atoms with E-state index in [-0.39, 0.29) is 52.1 Å². The van der Waals surface area contributed by atoms with Gasteiger partial charge in [-0.3, -0.25) is 9.59 Å². The molecule has 1 unspecified atom stereocenters. The third-order valence-electron chi connectivity index (χ3n) is 5.79. The number of sulfone groups is 1. The van der Waals surface area contributed by atoms with Gasteiger partial charge in [-0.15, -0.1) is 21.5 Å². The summed E-state index contributed by atoms with van der Waals surface area (Å²) in [7, 11) is 0.185. The number of thiazole rings is 1. The number of fused-ring (bicyclic) bond motifs is 1. The van der Waals surface area contributed by atoms with Crippen molar-refractivity contribution < 1.29 is 35.9 Å². The largest absolute Gasteiger partial charge is 0.424 e. The summed E-state index contributed by atoms with van der Waals surface area (Å²) in [5.74, 6) is -3.09. The molecule has 4 rings (SSSR count). The lowest BCUT2D eigenvalue weighted by Gasteiger charge is -2.14. The number of hydrogen-bond acceptors (Lipinski definition) is 10. The van der Waals surface area contributed by atoms with Crippen LogP contribution in [0.15, 0.2) is 34.7 Å². The Labute approximate surface area is 232 Å². The van der Waals surface area contributed by atoms with Gasteiger partial charge in [-0.1, -0.05) is 6.07 Å². The fraction of sp³-hybridized carbons (Fsp3) is 0.320. The topological polar surface area (TPSA) is 145 Å². The number of nitrogens with zero attached hydrogens (tertiary/aromatic N) is 4. The van der Waals surface area contributed by atoms with Gasteiger partial charge in [0.2, 0.25) is 17.7 Å². The number of hydrogen-bond donors (Lipinski definition) is 1. The first kappa shape index (κ1) is 29.2. The van der Waals surface area contributed by atoms with Crippen LogP contribution in [0.25, 0.3) is 21.3 Å². The lowest BCUT2D eigenvalue weighted by atomic mass is 10.0. The third-order valence-corrected chi connectivity index (χ3v) is 8.91. The molecular weight excluding hydrogens is 568 g/mol. The predicted molar refractivity (Wildman–Crippen MR) is 142 cm³/mol. The quantitative estimate of drug-likeness (QED) is 0.293. The Bertz CT molecular complexity index is 1690. The van der Waals surface area contributed by atoms with E-state index in [9.17, 15) is 22.4 Å². The van der Waals surface area contributed by atoms with Crippen LogP contribution in [0.4, 0.5) is 8.78 Å². The number of carbonyl (C=O) groups is 2. The Kier molecular flexibility index (Phi) is 8.56. The molecule has 0 radical (unpaired) electrons. The minimum absolute atomic E-state index is 0.0143. The molecule has 0 saturated carbocycles. The summed E-state index contributed by atoms with van der Waals surface area (Å²) >= 11 is 0.889. The van der Waals surface area contributed by atoms with E-state index in [1.165, 1.54) is 44.3 Å². The van der Waals surface area contributed by atoms with E-state index in [1.807, 2.05) is 0 Å². The molecule has 4 aromatic rings. The van der Waals surface area contributed by atoms with Crippen LogP contribution in [0, 0.1) is 18.6 Å². The van der Waals surface area contributed by atoms with Gasteiger partial charge in [-0.25, -0.2) is 22.2 Å². The van der Waals surface area contributed by atoms with Crippen molar-refractivity contribution in [3.8, 4) is 11.1 Å². The van der Waals surface area contributed by atoms with Crippen molar-refractivity contribution >= 4 is 43.2 Å². The lowest BCUT2D eigenvalue weighted by Crippen LogP contribution is -2.35. The number of aryl methyl sites for hydroxylation is 1. The Balaban J connectivity index is 1.71. The average molecular weight is 594 g/mol. The molecule has 40 heavy (non-hydrogen) atoms. The van der Waals surface area contributed by atoms with E-state index in [0.717, 1.165) is 23.5 Å². The second kappa shape index (κ2) is 11.7. The monoisotopic (exact) mass is 593 g/mol. The molecule has 1 atom stereocenters. The smallest absolute Gasteiger partial charge is 0.256 e. The van der Waals surface area contributed by atoms with E-state index in [0.29, 0.717) is 4.70 Å². The maximum absolute atomic E-state index is 15.1. The van der Waals surface area contributed by atoms with Crippen molar-refractivity contribution in [1.82, 2.24) is 25.4 Å². The van der Waals surface area contributed by atoms with Gasteiger partial charge < -0.3 is 19.4 Å². The van der Waals surface area contributed by atoms with E-state index in [1.54, 1.807) is 6.92 Å². The Morgan fingerprint density at radius 3 is 2.52 bits per heavy atom. The van der Waals surface area contributed by atoms with Crippen molar-refractivity contribution in [1.29, 1.82) is 0 Å². The number of nitrogens with one attached hydrogen (secondary N) is 1. The number of ether oxygens (including phenoxy) is 1. The summed E-state index contributed by atoms with van der Waals surface area (Å²) in [5.41, 5.74) is 0.133. The summed E-state index contributed by atoms with van der Waals surface area (Å²) in [6, 6.07) is 6.21. The van der Waals surface area contributed by atoms with Crippen LogP contribution >= 0.6 is 11.3 Å². The van der Waals surface area contributed by atoms with Crippen molar-refractivity contribution in [3.63, 3.8) is 0 Å². The fourth-order valence-corrected chi connectivity index (χ4v) is 6.76. The molecule has 0 aliphatic carbocycles. The minimum Gasteiger partial charge on any atom is -0.424 e. The molecule has 2 amide bonds. The number of amides is 2. The van der Waals surface area contributed by atoms with Gasteiger partial charge in [0.05, 0.1) is 34.7 Å². The number of methoxy groups -OCH3 is 1. The predicted octanol–water partition coefficient (Wildman–Crippen LogP) is 3.05. The van der Waals surface area contributed by atoms with Crippen LogP contribution in [0.2, 0.25) is 0 Å². The summed E-state index contributed by atoms with van der Waals surface area (Å²) in [4.78, 5) is 30.8. The molecule has 1 N–H and O–H groups in total. The maximum Gasteiger partial charge on any atom is 0.256 e. The van der Waals surface area contributed by atoms with E-state index in [2.05, 4.69) is 20.5 Å². The number of rotatable bonds is 10. The summed E-state index contributed by atoms with van der Waals surface area (Å²) < 4.78 is 66.7. The molecule has 2 aromatic heterocycles. The van der Waals surface area contributed by atoms with Crippen molar-refractivity contribution in [3.05, 3.63) is 64.3 Å². The molecule has 0 spiro atoms. The second-order valence-corrected chi connectivity index (χ2v) is 12.2. The van der Waals surface area contributed by atoms with Crippen LogP contribution in [0.1, 0.15) is 32.4 Å². The second-order valence-electron chi connectivity index (χ2n) is 8.92. The zero-order chi connectivity index (χ0) is 29.2. The number of carbonyl (C=O) groups excluding carboxylic acids is 2.